The molecule has 0 saturated carbocycles. The number of halogens is 1. The molecule has 1 atom stereocenters. The number of hydrogen-bond donors (Lipinski definition) is 0. The molecule has 2 nitrogen and oxygen atoms in total. The van der Waals surface area contributed by atoms with E-state index in [9.17, 15) is 4.79 Å². The van der Waals surface area contributed by atoms with E-state index in [1.54, 1.807) is 0 Å². The lowest BCUT2D eigenvalue weighted by atomic mass is 9.94. The first-order valence-corrected chi connectivity index (χ1v) is 6.60. The number of ether oxygens (including phenoxy) is 1. The summed E-state index contributed by atoms with van der Waals surface area (Å²) in [6.45, 7) is 2.13. The average Bonchev–Trinajstić information content (AvgIpc) is 2.31. The van der Waals surface area contributed by atoms with Crippen molar-refractivity contribution >= 4 is 28.6 Å². The second-order valence-electron chi connectivity index (χ2n) is 3.74. The fourth-order valence-corrected chi connectivity index (χ4v) is 2.47. The normalized spacial score (nSPS) is 12.2. The molecule has 0 aliphatic rings. The van der Waals surface area contributed by atoms with Crippen molar-refractivity contribution < 1.29 is 9.53 Å². The van der Waals surface area contributed by atoms with Crippen LogP contribution >= 0.6 is 22.6 Å². The van der Waals surface area contributed by atoms with Gasteiger partial charge in [0.25, 0.3) is 0 Å². The van der Waals surface area contributed by atoms with E-state index >= 15 is 0 Å². The lowest BCUT2D eigenvalue weighted by Gasteiger charge is -2.16. The maximum Gasteiger partial charge on any atom is 0.313 e. The Morgan fingerprint density at radius 1 is 1.44 bits per heavy atom. The van der Waals surface area contributed by atoms with Crippen LogP contribution in [0, 0.1) is 3.57 Å². The van der Waals surface area contributed by atoms with Crippen LogP contribution < -0.4 is 0 Å². The topological polar surface area (TPSA) is 26.3 Å². The van der Waals surface area contributed by atoms with Crippen molar-refractivity contribution in [2.75, 3.05) is 7.11 Å². The van der Waals surface area contributed by atoms with E-state index in [0.717, 1.165) is 28.4 Å². The number of esters is 1. The fourth-order valence-electron chi connectivity index (χ4n) is 1.71. The van der Waals surface area contributed by atoms with E-state index in [4.69, 9.17) is 4.74 Å². The first kappa shape index (κ1) is 13.5. The van der Waals surface area contributed by atoms with E-state index in [1.807, 2.05) is 24.3 Å². The largest absolute Gasteiger partial charge is 0.469 e. The summed E-state index contributed by atoms with van der Waals surface area (Å²) in [6, 6.07) is 8.00. The van der Waals surface area contributed by atoms with E-state index < -0.39 is 0 Å². The van der Waals surface area contributed by atoms with Gasteiger partial charge in [0, 0.05) is 3.57 Å². The van der Waals surface area contributed by atoms with E-state index in [1.165, 1.54) is 7.11 Å². The van der Waals surface area contributed by atoms with Crippen LogP contribution in [-0.4, -0.2) is 13.1 Å². The number of carbonyl (C=O) groups excluding carboxylic acids is 1. The molecule has 0 aliphatic heterocycles. The van der Waals surface area contributed by atoms with Gasteiger partial charge in [0.1, 0.15) is 0 Å². The maximum atomic E-state index is 11.7. The zero-order chi connectivity index (χ0) is 12.0. The summed E-state index contributed by atoms with van der Waals surface area (Å²) < 4.78 is 6.01. The van der Waals surface area contributed by atoms with Crippen LogP contribution in [0.25, 0.3) is 0 Å². The van der Waals surface area contributed by atoms with Gasteiger partial charge < -0.3 is 4.74 Å². The molecular formula is C13H17IO2. The Balaban J connectivity index is 2.92. The lowest BCUT2D eigenvalue weighted by Crippen LogP contribution is -2.15. The monoisotopic (exact) mass is 332 g/mol. The summed E-state index contributed by atoms with van der Waals surface area (Å²) in [6.07, 6.45) is 3.00. The zero-order valence-corrected chi connectivity index (χ0v) is 11.9. The quantitative estimate of drug-likeness (QED) is 0.607. The molecule has 0 bridgehead atoms. The van der Waals surface area contributed by atoms with Crippen LogP contribution in [0.2, 0.25) is 0 Å². The molecule has 0 aliphatic carbocycles. The lowest BCUT2D eigenvalue weighted by molar-refractivity contribution is -0.142. The fraction of sp³-hybridized carbons (Fsp3) is 0.462. The van der Waals surface area contributed by atoms with Gasteiger partial charge in [0.05, 0.1) is 13.0 Å². The molecule has 0 fully saturated rings. The van der Waals surface area contributed by atoms with Crippen LogP contribution in [0.5, 0.6) is 0 Å². The third kappa shape index (κ3) is 3.47. The van der Waals surface area contributed by atoms with Gasteiger partial charge in [-0.15, -0.1) is 0 Å². The summed E-state index contributed by atoms with van der Waals surface area (Å²) in [7, 11) is 1.46. The Hall–Kier alpha value is -0.580. The number of rotatable bonds is 5. The number of hydrogen-bond acceptors (Lipinski definition) is 2. The van der Waals surface area contributed by atoms with Crippen LogP contribution in [0.4, 0.5) is 0 Å². The highest BCUT2D eigenvalue weighted by Gasteiger charge is 2.22. The molecule has 0 aromatic heterocycles. The molecule has 1 unspecified atom stereocenters. The first-order chi connectivity index (χ1) is 7.70. The standard InChI is InChI=1S/C13H17IO2/c1-3-4-7-11(13(15)16-2)10-8-5-6-9-12(10)14/h5-6,8-9,11H,3-4,7H2,1-2H3. The Kier molecular flexibility index (Phi) is 5.80. The molecule has 0 amide bonds. The Morgan fingerprint density at radius 2 is 2.12 bits per heavy atom. The van der Waals surface area contributed by atoms with Gasteiger partial charge >= 0.3 is 5.97 Å². The molecule has 0 saturated heterocycles. The Labute approximate surface area is 111 Å². The summed E-state index contributed by atoms with van der Waals surface area (Å²) in [5.41, 5.74) is 1.09. The summed E-state index contributed by atoms with van der Waals surface area (Å²) in [5.74, 6) is -0.240. The van der Waals surface area contributed by atoms with E-state index in [-0.39, 0.29) is 11.9 Å². The maximum absolute atomic E-state index is 11.7. The van der Waals surface area contributed by atoms with Gasteiger partial charge in [-0.2, -0.15) is 0 Å². The van der Waals surface area contributed by atoms with E-state index in [2.05, 4.69) is 29.5 Å². The zero-order valence-electron chi connectivity index (χ0n) is 9.70. The highest BCUT2D eigenvalue weighted by atomic mass is 127. The van der Waals surface area contributed by atoms with Gasteiger partial charge in [0.15, 0.2) is 0 Å². The minimum atomic E-state index is -0.127. The number of unbranched alkanes of at least 4 members (excludes halogenated alkanes) is 1. The van der Waals surface area contributed by atoms with Crippen molar-refractivity contribution in [2.24, 2.45) is 0 Å². The molecule has 1 rings (SSSR count). The molecule has 0 radical (unpaired) electrons. The third-order valence-corrected chi connectivity index (χ3v) is 3.60. The molecular weight excluding hydrogens is 315 g/mol. The SMILES string of the molecule is CCCCC(C(=O)OC)c1ccccc1I. The average molecular weight is 332 g/mol. The molecule has 16 heavy (non-hydrogen) atoms. The summed E-state index contributed by atoms with van der Waals surface area (Å²) in [5, 5.41) is 0. The summed E-state index contributed by atoms with van der Waals surface area (Å²) >= 11 is 2.27. The molecule has 0 spiro atoms. The van der Waals surface area contributed by atoms with Gasteiger partial charge in [-0.25, -0.2) is 0 Å². The van der Waals surface area contributed by atoms with Gasteiger partial charge in [-0.1, -0.05) is 38.0 Å². The van der Waals surface area contributed by atoms with Crippen LogP contribution in [0.3, 0.4) is 0 Å². The van der Waals surface area contributed by atoms with Crippen LogP contribution in [-0.2, 0) is 9.53 Å². The number of carbonyl (C=O) groups is 1. The smallest absolute Gasteiger partial charge is 0.313 e. The molecule has 3 heteroatoms. The third-order valence-electron chi connectivity index (χ3n) is 2.61. The van der Waals surface area contributed by atoms with Gasteiger partial charge in [-0.05, 0) is 40.6 Å². The first-order valence-electron chi connectivity index (χ1n) is 5.53. The summed E-state index contributed by atoms with van der Waals surface area (Å²) in [4.78, 5) is 11.7. The van der Waals surface area contributed by atoms with Crippen LogP contribution in [0.1, 0.15) is 37.7 Å². The Morgan fingerprint density at radius 3 is 2.69 bits per heavy atom. The molecule has 1 aromatic rings. The second-order valence-corrected chi connectivity index (χ2v) is 4.90. The van der Waals surface area contributed by atoms with Crippen molar-refractivity contribution in [2.45, 2.75) is 32.1 Å². The highest BCUT2D eigenvalue weighted by molar-refractivity contribution is 14.1. The molecule has 0 heterocycles. The minimum Gasteiger partial charge on any atom is -0.469 e. The minimum absolute atomic E-state index is 0.113. The predicted octanol–water partition coefficient (Wildman–Crippen LogP) is 3.74. The van der Waals surface area contributed by atoms with Crippen LogP contribution in [0.15, 0.2) is 24.3 Å². The van der Waals surface area contributed by atoms with Crippen molar-refractivity contribution in [3.8, 4) is 0 Å². The van der Waals surface area contributed by atoms with Crippen molar-refractivity contribution in [3.05, 3.63) is 33.4 Å². The Bertz CT molecular complexity index is 350. The van der Waals surface area contributed by atoms with Gasteiger partial charge in [-0.3, -0.25) is 4.79 Å². The van der Waals surface area contributed by atoms with Crippen molar-refractivity contribution in [1.29, 1.82) is 0 Å². The number of benzene rings is 1. The molecule has 1 aromatic carbocycles. The van der Waals surface area contributed by atoms with Gasteiger partial charge in [0.2, 0.25) is 0 Å². The molecule has 88 valence electrons. The van der Waals surface area contributed by atoms with Crippen molar-refractivity contribution in [3.63, 3.8) is 0 Å². The van der Waals surface area contributed by atoms with E-state index in [0.29, 0.717) is 0 Å². The number of methoxy groups -OCH3 is 1. The van der Waals surface area contributed by atoms with Crippen molar-refractivity contribution in [1.82, 2.24) is 0 Å². The second kappa shape index (κ2) is 6.89. The predicted molar refractivity (Wildman–Crippen MR) is 73.4 cm³/mol. The molecule has 0 N–H and O–H groups in total. The highest BCUT2D eigenvalue weighted by Crippen LogP contribution is 2.27.